The predicted octanol–water partition coefficient (Wildman–Crippen LogP) is 6.89. The average molecular weight is 578 g/mol. The summed E-state index contributed by atoms with van der Waals surface area (Å²) in [6, 6.07) is 17.1. The summed E-state index contributed by atoms with van der Waals surface area (Å²) in [6.45, 7) is 2.72. The second-order valence-corrected chi connectivity index (χ2v) is 9.97. The summed E-state index contributed by atoms with van der Waals surface area (Å²) in [4.78, 5) is 29.3. The van der Waals surface area contributed by atoms with Crippen molar-refractivity contribution in [3.63, 3.8) is 0 Å². The first-order chi connectivity index (χ1) is 18.5. The van der Waals surface area contributed by atoms with Gasteiger partial charge in [-0.25, -0.2) is 0 Å². The van der Waals surface area contributed by atoms with Crippen molar-refractivity contribution in [3.8, 4) is 17.2 Å². The molecule has 0 N–H and O–H groups in total. The summed E-state index contributed by atoms with van der Waals surface area (Å²) in [6.07, 6.45) is 3.13. The maximum Gasteiger partial charge on any atom is 0.295 e. The molecule has 1 aliphatic heterocycles. The molecule has 2 heterocycles. The lowest BCUT2D eigenvalue weighted by molar-refractivity contribution is 0.0971. The minimum atomic E-state index is -0.728. The van der Waals surface area contributed by atoms with E-state index in [1.54, 1.807) is 61.6 Å². The maximum atomic E-state index is 13.9. The van der Waals surface area contributed by atoms with E-state index >= 15 is 0 Å². The maximum absolute atomic E-state index is 13.9. The second-order valence-electron chi connectivity index (χ2n) is 9.06. The van der Waals surface area contributed by atoms with Crippen molar-refractivity contribution in [2.45, 2.75) is 32.2 Å². The van der Waals surface area contributed by atoms with Crippen molar-refractivity contribution >= 4 is 38.5 Å². The molecule has 0 fully saturated rings. The highest BCUT2D eigenvalue weighted by Gasteiger charge is 2.44. The number of rotatable bonds is 9. The summed E-state index contributed by atoms with van der Waals surface area (Å²) in [5, 5.41) is 0.398. The number of ether oxygens (including phenoxy) is 3. The van der Waals surface area contributed by atoms with Crippen LogP contribution in [0.1, 0.15) is 53.9 Å². The van der Waals surface area contributed by atoms with E-state index in [4.69, 9.17) is 18.6 Å². The number of unbranched alkanes of at least 4 members (excludes halogenated alkanes) is 2. The van der Waals surface area contributed by atoms with Gasteiger partial charge in [0.05, 0.1) is 37.8 Å². The SMILES string of the molecule is CCCCCOc1ccc(C2c3c(oc4ccc(Br)cc4c3=O)C(=O)N2c2ccc(OC)cc2)cc1OC. The molecule has 3 aromatic carbocycles. The van der Waals surface area contributed by atoms with Crippen molar-refractivity contribution in [2.24, 2.45) is 0 Å². The minimum Gasteiger partial charge on any atom is -0.497 e. The monoisotopic (exact) mass is 577 g/mol. The van der Waals surface area contributed by atoms with E-state index in [9.17, 15) is 9.59 Å². The van der Waals surface area contributed by atoms with Crippen LogP contribution in [0.5, 0.6) is 17.2 Å². The van der Waals surface area contributed by atoms with Gasteiger partial charge in [0.2, 0.25) is 5.76 Å². The molecular weight excluding hydrogens is 550 g/mol. The zero-order valence-electron chi connectivity index (χ0n) is 21.5. The molecule has 0 radical (unpaired) electrons. The van der Waals surface area contributed by atoms with E-state index in [0.717, 1.165) is 23.7 Å². The van der Waals surface area contributed by atoms with E-state index < -0.39 is 11.9 Å². The van der Waals surface area contributed by atoms with Crippen LogP contribution >= 0.6 is 15.9 Å². The molecule has 0 bridgehead atoms. The highest BCUT2D eigenvalue weighted by molar-refractivity contribution is 9.10. The molecule has 7 nitrogen and oxygen atoms in total. The number of hydrogen-bond donors (Lipinski definition) is 0. The normalized spacial score (nSPS) is 14.6. The average Bonchev–Trinajstić information content (AvgIpc) is 3.23. The molecule has 1 aromatic heterocycles. The van der Waals surface area contributed by atoms with E-state index in [-0.39, 0.29) is 16.8 Å². The lowest BCUT2D eigenvalue weighted by atomic mass is 9.97. The molecule has 0 aliphatic carbocycles. The van der Waals surface area contributed by atoms with Gasteiger partial charge < -0.3 is 18.6 Å². The Morgan fingerprint density at radius 3 is 2.42 bits per heavy atom. The van der Waals surface area contributed by atoms with Gasteiger partial charge in [-0.3, -0.25) is 14.5 Å². The summed E-state index contributed by atoms with van der Waals surface area (Å²) < 4.78 is 23.7. The van der Waals surface area contributed by atoms with Crippen LogP contribution in [-0.2, 0) is 0 Å². The van der Waals surface area contributed by atoms with Crippen molar-refractivity contribution in [1.82, 2.24) is 0 Å². The number of carbonyl (C=O) groups excluding carboxylic acids is 1. The van der Waals surface area contributed by atoms with E-state index in [1.807, 2.05) is 18.2 Å². The van der Waals surface area contributed by atoms with Gasteiger partial charge >= 0.3 is 0 Å². The number of benzene rings is 3. The Hall–Kier alpha value is -3.78. The third-order valence-electron chi connectivity index (χ3n) is 6.69. The molecular formula is C30H28BrNO6. The topological polar surface area (TPSA) is 78.2 Å². The fraction of sp³-hybridized carbons (Fsp3) is 0.267. The van der Waals surface area contributed by atoms with Gasteiger partial charge in [-0.1, -0.05) is 41.8 Å². The van der Waals surface area contributed by atoms with Crippen LogP contribution in [0, 0.1) is 0 Å². The van der Waals surface area contributed by atoms with Gasteiger partial charge in [0.15, 0.2) is 16.9 Å². The first-order valence-corrected chi connectivity index (χ1v) is 13.3. The molecule has 4 aromatic rings. The lowest BCUT2D eigenvalue weighted by Crippen LogP contribution is -2.29. The van der Waals surface area contributed by atoms with Crippen molar-refractivity contribution in [3.05, 3.63) is 92.2 Å². The number of amides is 1. The fourth-order valence-corrected chi connectivity index (χ4v) is 5.14. The number of halogens is 1. The van der Waals surface area contributed by atoms with Crippen molar-refractivity contribution in [1.29, 1.82) is 0 Å². The van der Waals surface area contributed by atoms with Gasteiger partial charge in [0, 0.05) is 10.2 Å². The molecule has 38 heavy (non-hydrogen) atoms. The zero-order valence-corrected chi connectivity index (χ0v) is 23.0. The Morgan fingerprint density at radius 2 is 1.71 bits per heavy atom. The number of fused-ring (bicyclic) bond motifs is 2. The minimum absolute atomic E-state index is 0.0319. The Balaban J connectivity index is 1.66. The van der Waals surface area contributed by atoms with E-state index in [1.165, 1.54) is 0 Å². The Kier molecular flexibility index (Phi) is 7.42. The second kappa shape index (κ2) is 10.9. The van der Waals surface area contributed by atoms with Crippen molar-refractivity contribution < 1.29 is 23.4 Å². The number of carbonyl (C=O) groups is 1. The molecule has 1 atom stereocenters. The molecule has 0 spiro atoms. The van der Waals surface area contributed by atoms with Crippen LogP contribution in [0.4, 0.5) is 5.69 Å². The summed E-state index contributed by atoms with van der Waals surface area (Å²) in [7, 11) is 3.16. The first-order valence-electron chi connectivity index (χ1n) is 12.5. The summed E-state index contributed by atoms with van der Waals surface area (Å²) in [5.74, 6) is 1.44. The molecule has 0 saturated carbocycles. The molecule has 5 rings (SSSR count). The largest absolute Gasteiger partial charge is 0.497 e. The Morgan fingerprint density at radius 1 is 0.921 bits per heavy atom. The summed E-state index contributed by atoms with van der Waals surface area (Å²) in [5.41, 5.74) is 1.70. The zero-order chi connectivity index (χ0) is 26.8. The summed E-state index contributed by atoms with van der Waals surface area (Å²) >= 11 is 3.44. The number of hydrogen-bond acceptors (Lipinski definition) is 6. The number of nitrogens with zero attached hydrogens (tertiary/aromatic N) is 1. The quantitative estimate of drug-likeness (QED) is 0.201. The lowest BCUT2D eigenvalue weighted by Gasteiger charge is -2.26. The first kappa shape index (κ1) is 25.9. The van der Waals surface area contributed by atoms with Gasteiger partial charge in [-0.2, -0.15) is 0 Å². The molecule has 196 valence electrons. The molecule has 0 saturated heterocycles. The fourth-order valence-electron chi connectivity index (χ4n) is 4.78. The van der Waals surface area contributed by atoms with Crippen LogP contribution in [0.15, 0.2) is 74.3 Å². The Labute approximate surface area is 229 Å². The highest BCUT2D eigenvalue weighted by Crippen LogP contribution is 2.43. The van der Waals surface area contributed by atoms with Crippen LogP contribution in [0.25, 0.3) is 11.0 Å². The van der Waals surface area contributed by atoms with E-state index in [2.05, 4.69) is 22.9 Å². The highest BCUT2D eigenvalue weighted by atomic mass is 79.9. The smallest absolute Gasteiger partial charge is 0.295 e. The van der Waals surface area contributed by atoms with Gasteiger partial charge in [0.25, 0.3) is 5.91 Å². The molecule has 1 aliphatic rings. The molecule has 1 amide bonds. The van der Waals surface area contributed by atoms with Gasteiger partial charge in [-0.15, -0.1) is 0 Å². The third kappa shape index (κ3) is 4.65. The molecule has 8 heteroatoms. The third-order valence-corrected chi connectivity index (χ3v) is 7.18. The van der Waals surface area contributed by atoms with Gasteiger partial charge in [0.1, 0.15) is 11.3 Å². The molecule has 1 unspecified atom stereocenters. The Bertz CT molecular complexity index is 1550. The van der Waals surface area contributed by atoms with Crippen LogP contribution in [-0.4, -0.2) is 26.7 Å². The van der Waals surface area contributed by atoms with E-state index in [0.29, 0.717) is 46.1 Å². The van der Waals surface area contributed by atoms with Crippen molar-refractivity contribution in [2.75, 3.05) is 25.7 Å². The van der Waals surface area contributed by atoms with Crippen LogP contribution in [0.2, 0.25) is 0 Å². The van der Waals surface area contributed by atoms with Gasteiger partial charge in [-0.05, 0) is 66.6 Å². The number of anilines is 1. The van der Waals surface area contributed by atoms with Crippen LogP contribution in [0.3, 0.4) is 0 Å². The van der Waals surface area contributed by atoms with Crippen LogP contribution < -0.4 is 24.5 Å². The predicted molar refractivity (Wildman–Crippen MR) is 150 cm³/mol. The number of methoxy groups -OCH3 is 2. The standard InChI is InChI=1S/C30H28BrNO6/c1-4-5-6-15-37-24-13-7-18(16-25(24)36-3)27-26-28(33)22-17-19(31)8-14-23(22)38-29(26)30(34)32(27)20-9-11-21(35-2)12-10-20/h7-14,16-17,27H,4-6,15H2,1-3H3.